The average Bonchev–Trinajstić information content (AvgIpc) is 2.24. The summed E-state index contributed by atoms with van der Waals surface area (Å²) in [7, 11) is 0. The number of hydrogen-bond donors (Lipinski definition) is 3. The first kappa shape index (κ1) is 10.4. The van der Waals surface area contributed by atoms with Gasteiger partial charge in [-0.2, -0.15) is 0 Å². The van der Waals surface area contributed by atoms with Crippen molar-refractivity contribution < 1.29 is 15.3 Å². The summed E-state index contributed by atoms with van der Waals surface area (Å²) in [6.07, 6.45) is 0.599. The molecule has 0 fully saturated rings. The van der Waals surface area contributed by atoms with Gasteiger partial charge in [0.2, 0.25) is 0 Å². The van der Waals surface area contributed by atoms with Crippen LogP contribution in [-0.2, 0) is 6.42 Å². The predicted octanol–water partition coefficient (Wildman–Crippen LogP) is 2.39. The summed E-state index contributed by atoms with van der Waals surface area (Å²) in [5.74, 6) is -0.0298. The van der Waals surface area contributed by atoms with Gasteiger partial charge in [-0.1, -0.05) is 18.2 Å². The monoisotopic (exact) mass is 216 g/mol. The van der Waals surface area contributed by atoms with Crippen LogP contribution < -0.4 is 0 Å². The van der Waals surface area contributed by atoms with Crippen molar-refractivity contribution in [2.75, 3.05) is 0 Å². The van der Waals surface area contributed by atoms with Crippen LogP contribution in [0.3, 0.4) is 0 Å². The van der Waals surface area contributed by atoms with Crippen molar-refractivity contribution >= 4 is 0 Å². The molecule has 0 saturated carbocycles. The summed E-state index contributed by atoms with van der Waals surface area (Å²) in [6.45, 7) is 0. The third-order valence-corrected chi connectivity index (χ3v) is 2.36. The van der Waals surface area contributed by atoms with Gasteiger partial charge in [0.1, 0.15) is 5.75 Å². The molecule has 0 spiro atoms. The maximum absolute atomic E-state index is 9.33. The first-order valence-electron chi connectivity index (χ1n) is 4.94. The van der Waals surface area contributed by atoms with Gasteiger partial charge < -0.3 is 15.3 Å². The molecule has 0 aliphatic rings. The van der Waals surface area contributed by atoms with Crippen LogP contribution in [0.2, 0.25) is 0 Å². The molecule has 2 aromatic carbocycles. The molecule has 0 bridgehead atoms. The quantitative estimate of drug-likeness (QED) is 0.675. The lowest BCUT2D eigenvalue weighted by atomic mass is 10.0. The van der Waals surface area contributed by atoms with Crippen LogP contribution in [0.25, 0.3) is 0 Å². The van der Waals surface area contributed by atoms with Gasteiger partial charge >= 0.3 is 0 Å². The van der Waals surface area contributed by atoms with Gasteiger partial charge in [0.25, 0.3) is 0 Å². The second-order valence-electron chi connectivity index (χ2n) is 3.67. The van der Waals surface area contributed by atoms with Crippen molar-refractivity contribution in [3.63, 3.8) is 0 Å². The molecule has 0 aliphatic heterocycles. The highest BCUT2D eigenvalue weighted by molar-refractivity contribution is 5.42. The fourth-order valence-electron chi connectivity index (χ4n) is 1.58. The van der Waals surface area contributed by atoms with E-state index in [4.69, 9.17) is 5.11 Å². The van der Waals surface area contributed by atoms with Crippen molar-refractivity contribution in [3.8, 4) is 17.2 Å². The smallest absolute Gasteiger partial charge is 0.157 e. The molecular weight excluding hydrogens is 204 g/mol. The van der Waals surface area contributed by atoms with Gasteiger partial charge in [-0.05, 0) is 41.8 Å². The Hall–Kier alpha value is -2.16. The van der Waals surface area contributed by atoms with E-state index >= 15 is 0 Å². The van der Waals surface area contributed by atoms with Crippen molar-refractivity contribution in [1.29, 1.82) is 0 Å². The van der Waals surface area contributed by atoms with Crippen molar-refractivity contribution in [2.24, 2.45) is 0 Å². The Morgan fingerprint density at radius 1 is 0.750 bits per heavy atom. The van der Waals surface area contributed by atoms with Crippen molar-refractivity contribution in [2.45, 2.75) is 6.42 Å². The Morgan fingerprint density at radius 2 is 1.50 bits per heavy atom. The molecule has 3 nitrogen and oxygen atoms in total. The third-order valence-electron chi connectivity index (χ3n) is 2.36. The van der Waals surface area contributed by atoms with E-state index in [1.807, 2.05) is 6.07 Å². The molecule has 0 atom stereocenters. The molecule has 0 radical (unpaired) electrons. The minimum Gasteiger partial charge on any atom is -0.508 e. The van der Waals surface area contributed by atoms with E-state index in [0.717, 1.165) is 11.1 Å². The van der Waals surface area contributed by atoms with Crippen LogP contribution in [0.4, 0.5) is 0 Å². The van der Waals surface area contributed by atoms with Gasteiger partial charge in [0.05, 0.1) is 0 Å². The predicted molar refractivity (Wildman–Crippen MR) is 60.7 cm³/mol. The highest BCUT2D eigenvalue weighted by Crippen LogP contribution is 2.26. The van der Waals surface area contributed by atoms with Crippen molar-refractivity contribution in [3.05, 3.63) is 53.6 Å². The largest absolute Gasteiger partial charge is 0.508 e. The number of phenolic OH excluding ortho intramolecular Hbond substituents is 3. The molecule has 0 aromatic heterocycles. The van der Waals surface area contributed by atoms with Crippen LogP contribution in [0.1, 0.15) is 11.1 Å². The van der Waals surface area contributed by atoms with Crippen molar-refractivity contribution in [1.82, 2.24) is 0 Å². The van der Waals surface area contributed by atoms with Gasteiger partial charge in [0, 0.05) is 0 Å². The first-order chi connectivity index (χ1) is 7.65. The van der Waals surface area contributed by atoms with E-state index in [2.05, 4.69) is 0 Å². The Kier molecular flexibility index (Phi) is 2.68. The molecule has 3 heteroatoms. The molecule has 0 unspecified atom stereocenters. The Morgan fingerprint density at radius 3 is 2.19 bits per heavy atom. The number of rotatable bonds is 2. The minimum atomic E-state index is -0.127. The number of phenols is 3. The summed E-state index contributed by atoms with van der Waals surface area (Å²) in [5.41, 5.74) is 1.82. The molecule has 82 valence electrons. The molecule has 2 aromatic rings. The standard InChI is InChI=1S/C13H12O3/c14-11-3-1-2-9(7-11)6-10-4-5-12(15)13(16)8-10/h1-5,7-8,14-16H,6H2. The second kappa shape index (κ2) is 4.14. The SMILES string of the molecule is Oc1cccc(Cc2ccc(O)c(O)c2)c1. The molecule has 0 amide bonds. The summed E-state index contributed by atoms with van der Waals surface area (Å²) in [4.78, 5) is 0. The highest BCUT2D eigenvalue weighted by atomic mass is 16.3. The zero-order valence-corrected chi connectivity index (χ0v) is 8.59. The molecule has 3 N–H and O–H groups in total. The van der Waals surface area contributed by atoms with Crippen LogP contribution >= 0.6 is 0 Å². The number of aromatic hydroxyl groups is 3. The first-order valence-corrected chi connectivity index (χ1v) is 4.94. The van der Waals surface area contributed by atoms with Gasteiger partial charge in [0.15, 0.2) is 11.5 Å². The van der Waals surface area contributed by atoms with Gasteiger partial charge in [-0.3, -0.25) is 0 Å². The average molecular weight is 216 g/mol. The molecule has 0 heterocycles. The molecule has 2 rings (SSSR count). The molecular formula is C13H12O3. The Balaban J connectivity index is 2.24. The van der Waals surface area contributed by atoms with E-state index in [1.54, 1.807) is 24.3 Å². The van der Waals surface area contributed by atoms with Gasteiger partial charge in [-0.25, -0.2) is 0 Å². The van der Waals surface area contributed by atoms with Crippen LogP contribution in [0.15, 0.2) is 42.5 Å². The maximum Gasteiger partial charge on any atom is 0.157 e. The number of hydrogen-bond acceptors (Lipinski definition) is 3. The lowest BCUT2D eigenvalue weighted by Gasteiger charge is -2.04. The molecule has 0 aliphatic carbocycles. The summed E-state index contributed by atoms with van der Waals surface area (Å²) in [5, 5.41) is 27.8. The lowest BCUT2D eigenvalue weighted by molar-refractivity contribution is 0.403. The fourth-order valence-corrected chi connectivity index (χ4v) is 1.58. The van der Waals surface area contributed by atoms with Crippen LogP contribution in [-0.4, -0.2) is 15.3 Å². The summed E-state index contributed by atoms with van der Waals surface area (Å²) in [6, 6.07) is 11.6. The maximum atomic E-state index is 9.33. The van der Waals surface area contributed by atoms with E-state index in [-0.39, 0.29) is 17.2 Å². The zero-order chi connectivity index (χ0) is 11.5. The van der Waals surface area contributed by atoms with Gasteiger partial charge in [-0.15, -0.1) is 0 Å². The van der Waals surface area contributed by atoms with E-state index in [1.165, 1.54) is 12.1 Å². The topological polar surface area (TPSA) is 60.7 Å². The normalized spacial score (nSPS) is 10.2. The fraction of sp³-hybridized carbons (Fsp3) is 0.0769. The third kappa shape index (κ3) is 2.25. The molecule has 0 saturated heterocycles. The Labute approximate surface area is 93.2 Å². The highest BCUT2D eigenvalue weighted by Gasteiger charge is 2.02. The second-order valence-corrected chi connectivity index (χ2v) is 3.67. The number of benzene rings is 2. The summed E-state index contributed by atoms with van der Waals surface area (Å²) >= 11 is 0. The summed E-state index contributed by atoms with van der Waals surface area (Å²) < 4.78 is 0. The van der Waals surface area contributed by atoms with E-state index in [0.29, 0.717) is 6.42 Å². The lowest BCUT2D eigenvalue weighted by Crippen LogP contribution is -1.87. The van der Waals surface area contributed by atoms with E-state index < -0.39 is 0 Å². The van der Waals surface area contributed by atoms with E-state index in [9.17, 15) is 10.2 Å². The minimum absolute atomic E-state index is 0.125. The van der Waals surface area contributed by atoms with Crippen LogP contribution in [0, 0.1) is 0 Å². The molecule has 16 heavy (non-hydrogen) atoms. The zero-order valence-electron chi connectivity index (χ0n) is 8.59. The van der Waals surface area contributed by atoms with Crippen LogP contribution in [0.5, 0.6) is 17.2 Å². The Bertz CT molecular complexity index is 506.